The van der Waals surface area contributed by atoms with Crippen molar-refractivity contribution in [3.8, 4) is 0 Å². The normalized spacial score (nSPS) is 9.08. The minimum atomic E-state index is -0.244. The van der Waals surface area contributed by atoms with E-state index in [0.717, 1.165) is 6.42 Å². The fourth-order valence-corrected chi connectivity index (χ4v) is 0.769. The van der Waals surface area contributed by atoms with Crippen LogP contribution >= 0.6 is 0 Å². The van der Waals surface area contributed by atoms with E-state index in [1.807, 2.05) is 6.92 Å². The molecule has 4 nitrogen and oxygen atoms in total. The van der Waals surface area contributed by atoms with Crippen molar-refractivity contribution in [1.82, 2.24) is 10.2 Å². The van der Waals surface area contributed by atoms with Crippen molar-refractivity contribution >= 4 is 11.8 Å². The lowest BCUT2D eigenvalue weighted by atomic mass is 10.4. The summed E-state index contributed by atoms with van der Waals surface area (Å²) in [5.41, 5.74) is 0. The average molecular weight is 184 g/mol. The molecule has 13 heavy (non-hydrogen) atoms. The van der Waals surface area contributed by atoms with Crippen LogP contribution in [0.3, 0.4) is 0 Å². The molecule has 0 bridgehead atoms. The molecule has 4 heteroatoms. The van der Waals surface area contributed by atoms with Crippen molar-refractivity contribution in [2.45, 2.75) is 13.3 Å². The van der Waals surface area contributed by atoms with E-state index in [1.54, 1.807) is 7.05 Å². The van der Waals surface area contributed by atoms with Crippen molar-refractivity contribution in [3.05, 3.63) is 12.7 Å². The first-order valence-corrected chi connectivity index (χ1v) is 4.26. The molecule has 0 radical (unpaired) electrons. The SMILES string of the molecule is C=CC(=O)N(C)CC(=O)NCCC. The summed E-state index contributed by atoms with van der Waals surface area (Å²) in [7, 11) is 1.57. The van der Waals surface area contributed by atoms with E-state index in [4.69, 9.17) is 0 Å². The Morgan fingerprint density at radius 1 is 1.54 bits per heavy atom. The van der Waals surface area contributed by atoms with Gasteiger partial charge < -0.3 is 10.2 Å². The van der Waals surface area contributed by atoms with E-state index in [2.05, 4.69) is 11.9 Å². The van der Waals surface area contributed by atoms with Gasteiger partial charge in [-0.3, -0.25) is 9.59 Å². The van der Waals surface area contributed by atoms with Crippen LogP contribution in [0.1, 0.15) is 13.3 Å². The van der Waals surface area contributed by atoms with Crippen LogP contribution in [0.4, 0.5) is 0 Å². The number of likely N-dealkylation sites (N-methyl/N-ethyl adjacent to an activating group) is 1. The summed E-state index contributed by atoms with van der Waals surface area (Å²) in [6.45, 7) is 6.04. The highest BCUT2D eigenvalue weighted by molar-refractivity contribution is 5.90. The Hall–Kier alpha value is -1.32. The lowest BCUT2D eigenvalue weighted by molar-refractivity contribution is -0.131. The van der Waals surface area contributed by atoms with Gasteiger partial charge in [0, 0.05) is 13.6 Å². The van der Waals surface area contributed by atoms with E-state index in [9.17, 15) is 9.59 Å². The molecule has 0 atom stereocenters. The van der Waals surface area contributed by atoms with Crippen molar-refractivity contribution < 1.29 is 9.59 Å². The topological polar surface area (TPSA) is 49.4 Å². The summed E-state index contributed by atoms with van der Waals surface area (Å²) < 4.78 is 0. The number of carbonyl (C=O) groups is 2. The molecule has 0 aromatic heterocycles. The fourth-order valence-electron chi connectivity index (χ4n) is 0.769. The second kappa shape index (κ2) is 6.22. The molecule has 0 heterocycles. The van der Waals surface area contributed by atoms with Gasteiger partial charge in [0.25, 0.3) is 0 Å². The van der Waals surface area contributed by atoms with Crippen LogP contribution in [-0.4, -0.2) is 36.9 Å². The molecule has 0 aliphatic rings. The van der Waals surface area contributed by atoms with Gasteiger partial charge in [0.05, 0.1) is 6.54 Å². The molecule has 0 saturated carbocycles. The van der Waals surface area contributed by atoms with Gasteiger partial charge in [0.2, 0.25) is 11.8 Å². The highest BCUT2D eigenvalue weighted by Crippen LogP contribution is 1.85. The van der Waals surface area contributed by atoms with Crippen molar-refractivity contribution in [1.29, 1.82) is 0 Å². The number of amides is 2. The quantitative estimate of drug-likeness (QED) is 0.619. The third-order valence-electron chi connectivity index (χ3n) is 1.50. The third-order valence-corrected chi connectivity index (χ3v) is 1.50. The second-order valence-electron chi connectivity index (χ2n) is 2.75. The van der Waals surface area contributed by atoms with Crippen LogP contribution in [0.5, 0.6) is 0 Å². The molecular weight excluding hydrogens is 168 g/mol. The zero-order valence-corrected chi connectivity index (χ0v) is 8.17. The summed E-state index contributed by atoms with van der Waals surface area (Å²) in [5.74, 6) is -0.383. The molecule has 0 saturated heterocycles. The Balaban J connectivity index is 3.77. The minimum Gasteiger partial charge on any atom is -0.355 e. The molecule has 1 N–H and O–H groups in total. The lowest BCUT2D eigenvalue weighted by Gasteiger charge is -2.13. The average Bonchev–Trinajstić information content (AvgIpc) is 2.13. The first-order chi connectivity index (χ1) is 6.11. The van der Waals surface area contributed by atoms with E-state index in [0.29, 0.717) is 6.54 Å². The minimum absolute atomic E-state index is 0.0881. The van der Waals surface area contributed by atoms with Gasteiger partial charge >= 0.3 is 0 Å². The molecule has 0 aromatic rings. The molecular formula is C9H16N2O2. The summed E-state index contributed by atoms with van der Waals surface area (Å²) in [6.07, 6.45) is 2.08. The molecule has 0 unspecified atom stereocenters. The Labute approximate surface area is 78.6 Å². The van der Waals surface area contributed by atoms with E-state index < -0.39 is 0 Å². The van der Waals surface area contributed by atoms with Crippen LogP contribution in [-0.2, 0) is 9.59 Å². The highest BCUT2D eigenvalue weighted by Gasteiger charge is 2.08. The maximum atomic E-state index is 11.1. The van der Waals surface area contributed by atoms with E-state index >= 15 is 0 Å². The van der Waals surface area contributed by atoms with E-state index in [-0.39, 0.29) is 18.4 Å². The van der Waals surface area contributed by atoms with Gasteiger partial charge in [0.15, 0.2) is 0 Å². The van der Waals surface area contributed by atoms with Crippen LogP contribution in [0.15, 0.2) is 12.7 Å². The molecule has 2 amide bonds. The molecule has 0 spiro atoms. The first-order valence-electron chi connectivity index (χ1n) is 4.26. The Morgan fingerprint density at radius 2 is 2.15 bits per heavy atom. The molecule has 0 aliphatic heterocycles. The molecule has 74 valence electrons. The fraction of sp³-hybridized carbons (Fsp3) is 0.556. The van der Waals surface area contributed by atoms with Gasteiger partial charge in [-0.15, -0.1) is 0 Å². The monoisotopic (exact) mass is 184 g/mol. The van der Waals surface area contributed by atoms with Crippen molar-refractivity contribution in [2.75, 3.05) is 20.1 Å². The van der Waals surface area contributed by atoms with Crippen molar-refractivity contribution in [3.63, 3.8) is 0 Å². The number of nitrogens with one attached hydrogen (secondary N) is 1. The number of rotatable bonds is 5. The zero-order valence-electron chi connectivity index (χ0n) is 8.17. The smallest absolute Gasteiger partial charge is 0.246 e. The Bertz CT molecular complexity index is 202. The third kappa shape index (κ3) is 5.00. The predicted molar refractivity (Wildman–Crippen MR) is 51.1 cm³/mol. The number of hydrogen-bond donors (Lipinski definition) is 1. The Kier molecular flexibility index (Phi) is 5.59. The van der Waals surface area contributed by atoms with E-state index in [1.165, 1.54) is 11.0 Å². The van der Waals surface area contributed by atoms with Gasteiger partial charge in [-0.25, -0.2) is 0 Å². The van der Waals surface area contributed by atoms with Crippen molar-refractivity contribution in [2.24, 2.45) is 0 Å². The van der Waals surface area contributed by atoms with Gasteiger partial charge in [-0.2, -0.15) is 0 Å². The summed E-state index contributed by atoms with van der Waals surface area (Å²) in [4.78, 5) is 23.4. The Morgan fingerprint density at radius 3 is 2.62 bits per heavy atom. The van der Waals surface area contributed by atoms with Gasteiger partial charge in [-0.05, 0) is 12.5 Å². The zero-order chi connectivity index (χ0) is 10.3. The number of carbonyl (C=O) groups excluding carboxylic acids is 2. The second-order valence-corrected chi connectivity index (χ2v) is 2.75. The molecule has 0 fully saturated rings. The highest BCUT2D eigenvalue weighted by atomic mass is 16.2. The molecule has 0 aromatic carbocycles. The summed E-state index contributed by atoms with van der Waals surface area (Å²) >= 11 is 0. The molecule has 0 rings (SSSR count). The maximum absolute atomic E-state index is 11.1. The van der Waals surface area contributed by atoms with Crippen LogP contribution < -0.4 is 5.32 Å². The summed E-state index contributed by atoms with van der Waals surface area (Å²) in [5, 5.41) is 2.68. The number of nitrogens with zero attached hydrogens (tertiary/aromatic N) is 1. The van der Waals surface area contributed by atoms with Crippen LogP contribution in [0, 0.1) is 0 Å². The maximum Gasteiger partial charge on any atom is 0.246 e. The predicted octanol–water partition coefficient (Wildman–Crippen LogP) is 0.157. The molecule has 0 aliphatic carbocycles. The standard InChI is InChI=1S/C9H16N2O2/c1-4-6-10-8(12)7-11(3)9(13)5-2/h5H,2,4,6-7H2,1,3H3,(H,10,12). The van der Waals surface area contributed by atoms with Crippen LogP contribution in [0.25, 0.3) is 0 Å². The lowest BCUT2D eigenvalue weighted by Crippen LogP contribution is -2.37. The largest absolute Gasteiger partial charge is 0.355 e. The van der Waals surface area contributed by atoms with Gasteiger partial charge in [0.1, 0.15) is 0 Å². The first kappa shape index (κ1) is 11.7. The summed E-state index contributed by atoms with van der Waals surface area (Å²) in [6, 6.07) is 0. The van der Waals surface area contributed by atoms with Crippen LogP contribution in [0.2, 0.25) is 0 Å². The number of hydrogen-bond acceptors (Lipinski definition) is 2. The van der Waals surface area contributed by atoms with Gasteiger partial charge in [-0.1, -0.05) is 13.5 Å².